The van der Waals surface area contributed by atoms with Gasteiger partial charge in [-0.1, -0.05) is 11.8 Å². The number of hydrogen-bond donors (Lipinski definition) is 0. The zero-order valence-corrected chi connectivity index (χ0v) is 7.59. The molecule has 0 fully saturated rings. The van der Waals surface area contributed by atoms with Gasteiger partial charge in [-0.2, -0.15) is 4.98 Å². The van der Waals surface area contributed by atoms with Crippen LogP contribution in [0.1, 0.15) is 10.5 Å². The van der Waals surface area contributed by atoms with Gasteiger partial charge in [0.1, 0.15) is 5.69 Å². The second-order valence-corrected chi connectivity index (χ2v) is 2.71. The lowest BCUT2D eigenvalue weighted by atomic mass is 10.4. The van der Waals surface area contributed by atoms with Gasteiger partial charge in [0.05, 0.1) is 7.11 Å². The van der Waals surface area contributed by atoms with Gasteiger partial charge in [-0.05, 0) is 6.26 Å². The molecule has 0 spiro atoms. The Balaban J connectivity index is 3.09. The molecule has 0 unspecified atom stereocenters. The van der Waals surface area contributed by atoms with Crippen molar-refractivity contribution in [3.8, 4) is 5.88 Å². The molecule has 0 aromatic carbocycles. The van der Waals surface area contributed by atoms with Gasteiger partial charge >= 0.3 is 0 Å². The fraction of sp³-hybridized carbons (Fsp3) is 0.286. The van der Waals surface area contributed by atoms with E-state index in [1.807, 2.05) is 6.26 Å². The van der Waals surface area contributed by atoms with Crippen molar-refractivity contribution in [1.82, 2.24) is 9.97 Å². The van der Waals surface area contributed by atoms with Crippen LogP contribution in [0.25, 0.3) is 0 Å². The van der Waals surface area contributed by atoms with Crippen molar-refractivity contribution in [2.45, 2.75) is 5.16 Å². The van der Waals surface area contributed by atoms with Crippen molar-refractivity contribution >= 4 is 18.0 Å². The number of hydrogen-bond acceptors (Lipinski definition) is 5. The molecular formula is C7H8N2O2S. The van der Waals surface area contributed by atoms with Gasteiger partial charge in [0.15, 0.2) is 11.4 Å². The second-order valence-electron chi connectivity index (χ2n) is 1.94. The van der Waals surface area contributed by atoms with Gasteiger partial charge in [-0.25, -0.2) is 4.98 Å². The molecule has 1 aromatic rings. The Morgan fingerprint density at radius 3 is 2.83 bits per heavy atom. The van der Waals surface area contributed by atoms with Crippen LogP contribution in [0.5, 0.6) is 5.88 Å². The molecular weight excluding hydrogens is 176 g/mol. The average molecular weight is 184 g/mol. The normalized spacial score (nSPS) is 9.50. The molecule has 0 bridgehead atoms. The Kier molecular flexibility index (Phi) is 3.04. The van der Waals surface area contributed by atoms with Crippen LogP contribution >= 0.6 is 11.8 Å². The first-order valence-corrected chi connectivity index (χ1v) is 4.45. The summed E-state index contributed by atoms with van der Waals surface area (Å²) in [6, 6.07) is 1.49. The highest BCUT2D eigenvalue weighted by atomic mass is 32.2. The Hall–Kier alpha value is -1.10. The maximum Gasteiger partial charge on any atom is 0.217 e. The van der Waals surface area contributed by atoms with Crippen molar-refractivity contribution < 1.29 is 9.53 Å². The summed E-state index contributed by atoms with van der Waals surface area (Å²) in [5.74, 6) is 0.413. The van der Waals surface area contributed by atoms with E-state index in [1.54, 1.807) is 0 Å². The van der Waals surface area contributed by atoms with Crippen LogP contribution in [0.15, 0.2) is 11.2 Å². The summed E-state index contributed by atoms with van der Waals surface area (Å²) in [6.07, 6.45) is 2.51. The number of ether oxygens (including phenoxy) is 1. The van der Waals surface area contributed by atoms with E-state index in [9.17, 15) is 4.79 Å². The fourth-order valence-corrected chi connectivity index (χ4v) is 1.05. The van der Waals surface area contributed by atoms with Crippen molar-refractivity contribution in [2.24, 2.45) is 0 Å². The summed E-state index contributed by atoms with van der Waals surface area (Å²) in [6.45, 7) is 0. The van der Waals surface area contributed by atoms with Gasteiger partial charge < -0.3 is 4.74 Å². The van der Waals surface area contributed by atoms with Gasteiger partial charge in [0.25, 0.3) is 0 Å². The lowest BCUT2D eigenvalue weighted by Gasteiger charge is -2.00. The Morgan fingerprint density at radius 1 is 1.58 bits per heavy atom. The van der Waals surface area contributed by atoms with Gasteiger partial charge in [0, 0.05) is 6.07 Å². The predicted octanol–water partition coefficient (Wildman–Crippen LogP) is 1.02. The van der Waals surface area contributed by atoms with E-state index in [2.05, 4.69) is 9.97 Å². The molecule has 1 aromatic heterocycles. The monoisotopic (exact) mass is 184 g/mol. The number of aromatic nitrogens is 2. The maximum absolute atomic E-state index is 10.4. The third-order valence-electron chi connectivity index (χ3n) is 1.21. The smallest absolute Gasteiger partial charge is 0.217 e. The molecule has 0 aliphatic heterocycles. The molecule has 64 valence electrons. The van der Waals surface area contributed by atoms with Gasteiger partial charge in [0.2, 0.25) is 5.88 Å². The SMILES string of the molecule is COc1cc(C=O)nc(SC)n1. The van der Waals surface area contributed by atoms with E-state index in [1.165, 1.54) is 24.9 Å². The van der Waals surface area contributed by atoms with Crippen LogP contribution in [0, 0.1) is 0 Å². The number of rotatable bonds is 3. The summed E-state index contributed by atoms with van der Waals surface area (Å²) in [5.41, 5.74) is 0.339. The highest BCUT2D eigenvalue weighted by molar-refractivity contribution is 7.98. The first-order chi connectivity index (χ1) is 5.80. The molecule has 1 rings (SSSR count). The molecule has 0 N–H and O–H groups in total. The van der Waals surface area contributed by atoms with E-state index in [0.29, 0.717) is 23.0 Å². The maximum atomic E-state index is 10.4. The van der Waals surface area contributed by atoms with Crippen LogP contribution in [0.4, 0.5) is 0 Å². The molecule has 0 saturated carbocycles. The first-order valence-electron chi connectivity index (χ1n) is 3.22. The van der Waals surface area contributed by atoms with Crippen molar-refractivity contribution in [2.75, 3.05) is 13.4 Å². The Morgan fingerprint density at radius 2 is 2.33 bits per heavy atom. The minimum Gasteiger partial charge on any atom is -0.481 e. The quantitative estimate of drug-likeness (QED) is 0.399. The summed E-state index contributed by atoms with van der Waals surface area (Å²) in [5, 5.41) is 0.538. The van der Waals surface area contributed by atoms with Crippen molar-refractivity contribution in [1.29, 1.82) is 0 Å². The molecule has 0 aliphatic carbocycles. The van der Waals surface area contributed by atoms with Gasteiger partial charge in [-0.3, -0.25) is 4.79 Å². The van der Waals surface area contributed by atoms with Gasteiger partial charge in [-0.15, -0.1) is 0 Å². The van der Waals surface area contributed by atoms with Crippen LogP contribution in [-0.2, 0) is 0 Å². The number of nitrogens with zero attached hydrogens (tertiary/aromatic N) is 2. The highest BCUT2D eigenvalue weighted by Crippen LogP contribution is 2.14. The number of carbonyl (C=O) groups excluding carboxylic acids is 1. The molecule has 0 radical (unpaired) electrons. The van der Waals surface area contributed by atoms with Crippen molar-refractivity contribution in [3.63, 3.8) is 0 Å². The predicted molar refractivity (Wildman–Crippen MR) is 45.8 cm³/mol. The number of thioether (sulfide) groups is 1. The van der Waals surface area contributed by atoms with Crippen LogP contribution in [0.3, 0.4) is 0 Å². The van der Waals surface area contributed by atoms with Crippen LogP contribution < -0.4 is 4.74 Å². The molecule has 4 nitrogen and oxygen atoms in total. The molecule has 1 heterocycles. The zero-order chi connectivity index (χ0) is 8.97. The summed E-state index contributed by atoms with van der Waals surface area (Å²) in [4.78, 5) is 18.3. The topological polar surface area (TPSA) is 52.1 Å². The minimum absolute atomic E-state index is 0.339. The number of aldehydes is 1. The molecule has 0 aliphatic rings. The van der Waals surface area contributed by atoms with E-state index >= 15 is 0 Å². The zero-order valence-electron chi connectivity index (χ0n) is 6.77. The third kappa shape index (κ3) is 1.94. The second kappa shape index (κ2) is 4.06. The summed E-state index contributed by atoms with van der Waals surface area (Å²) in [7, 11) is 1.50. The van der Waals surface area contributed by atoms with E-state index in [0.717, 1.165) is 0 Å². The minimum atomic E-state index is 0.339. The largest absolute Gasteiger partial charge is 0.481 e. The van der Waals surface area contributed by atoms with E-state index < -0.39 is 0 Å². The lowest BCUT2D eigenvalue weighted by Crippen LogP contribution is -1.96. The first kappa shape index (κ1) is 8.99. The highest BCUT2D eigenvalue weighted by Gasteiger charge is 2.02. The number of methoxy groups -OCH3 is 1. The number of carbonyl (C=O) groups is 1. The fourth-order valence-electron chi connectivity index (χ4n) is 0.677. The Labute approximate surface area is 74.4 Å². The molecule has 0 atom stereocenters. The average Bonchev–Trinajstić information content (AvgIpc) is 2.16. The van der Waals surface area contributed by atoms with E-state index in [4.69, 9.17) is 4.74 Å². The summed E-state index contributed by atoms with van der Waals surface area (Å²) < 4.78 is 4.88. The molecule has 0 saturated heterocycles. The van der Waals surface area contributed by atoms with Crippen LogP contribution in [-0.4, -0.2) is 29.6 Å². The Bertz CT molecular complexity index is 268. The molecule has 0 amide bonds. The summed E-state index contributed by atoms with van der Waals surface area (Å²) >= 11 is 1.37. The molecule has 5 heteroatoms. The molecule has 12 heavy (non-hydrogen) atoms. The van der Waals surface area contributed by atoms with Crippen LogP contribution in [0.2, 0.25) is 0 Å². The standard InChI is InChI=1S/C7H8N2O2S/c1-11-6-3-5(4-10)8-7(9-6)12-2/h3-4H,1-2H3. The lowest BCUT2D eigenvalue weighted by molar-refractivity contribution is 0.111. The third-order valence-corrected chi connectivity index (χ3v) is 1.76. The van der Waals surface area contributed by atoms with E-state index in [-0.39, 0.29) is 0 Å². The van der Waals surface area contributed by atoms with Crippen molar-refractivity contribution in [3.05, 3.63) is 11.8 Å².